The third-order valence-corrected chi connectivity index (χ3v) is 4.69. The first kappa shape index (κ1) is 20.2. The maximum Gasteiger partial charge on any atom is 0.226 e. The lowest BCUT2D eigenvalue weighted by Crippen LogP contribution is -2.30. The zero-order valence-corrected chi connectivity index (χ0v) is 16.3. The Morgan fingerprint density at radius 1 is 1.19 bits per heavy atom. The molecule has 0 unspecified atom stereocenters. The van der Waals surface area contributed by atoms with Crippen molar-refractivity contribution in [2.24, 2.45) is 0 Å². The Hall–Kier alpha value is -2.09. The van der Waals surface area contributed by atoms with Crippen LogP contribution in [-0.2, 0) is 14.8 Å². The lowest BCUT2D eigenvalue weighted by atomic mass is 10.0. The van der Waals surface area contributed by atoms with Gasteiger partial charge in [0.1, 0.15) is 5.75 Å². The fraction of sp³-hybridized carbons (Fsp3) is 0.278. The summed E-state index contributed by atoms with van der Waals surface area (Å²) in [5, 5.41) is 3.28. The summed E-state index contributed by atoms with van der Waals surface area (Å²) in [6, 6.07) is 11.4. The van der Waals surface area contributed by atoms with Gasteiger partial charge in [-0.05, 0) is 42.3 Å². The van der Waals surface area contributed by atoms with Gasteiger partial charge < -0.3 is 10.1 Å². The minimum atomic E-state index is -3.50. The van der Waals surface area contributed by atoms with Crippen molar-refractivity contribution in [2.45, 2.75) is 19.4 Å². The number of hydrogen-bond acceptors (Lipinski definition) is 4. The molecule has 0 heterocycles. The van der Waals surface area contributed by atoms with Crippen molar-refractivity contribution in [3.05, 3.63) is 58.6 Å². The van der Waals surface area contributed by atoms with Crippen LogP contribution in [0.15, 0.2) is 42.5 Å². The molecule has 0 aliphatic rings. The number of hydrogen-bond donors (Lipinski definition) is 2. The third kappa shape index (κ3) is 6.01. The fourth-order valence-electron chi connectivity index (χ4n) is 2.44. The van der Waals surface area contributed by atoms with Crippen LogP contribution in [0.1, 0.15) is 23.6 Å². The van der Waals surface area contributed by atoms with E-state index in [1.165, 1.54) is 0 Å². The van der Waals surface area contributed by atoms with E-state index in [1.807, 2.05) is 6.92 Å². The first-order valence-corrected chi connectivity index (χ1v) is 10.1. The molecule has 6 nitrogen and oxygen atoms in total. The molecule has 1 amide bonds. The van der Waals surface area contributed by atoms with Gasteiger partial charge in [-0.2, -0.15) is 0 Å². The summed E-state index contributed by atoms with van der Waals surface area (Å²) >= 11 is 5.96. The minimum absolute atomic E-state index is 0.0641. The summed E-state index contributed by atoms with van der Waals surface area (Å²) in [5.41, 5.74) is 2.12. The number of amides is 1. The second kappa shape index (κ2) is 8.53. The molecule has 8 heteroatoms. The van der Waals surface area contributed by atoms with Gasteiger partial charge in [0.05, 0.1) is 19.4 Å². The molecule has 0 bridgehead atoms. The summed E-state index contributed by atoms with van der Waals surface area (Å²) in [6.07, 6.45) is 0.994. The van der Waals surface area contributed by atoms with Gasteiger partial charge in [0, 0.05) is 17.1 Å². The Bertz CT molecular complexity index is 883. The van der Waals surface area contributed by atoms with Gasteiger partial charge in [-0.15, -0.1) is 0 Å². The van der Waals surface area contributed by atoms with Crippen LogP contribution in [0.3, 0.4) is 0 Å². The molecule has 0 aromatic heterocycles. The number of anilines is 1. The van der Waals surface area contributed by atoms with Crippen LogP contribution in [0.25, 0.3) is 0 Å². The zero-order chi connectivity index (χ0) is 19.3. The van der Waals surface area contributed by atoms with Crippen molar-refractivity contribution >= 4 is 33.2 Å². The molecular formula is C18H21ClN2O4S. The molecule has 0 saturated carbocycles. The van der Waals surface area contributed by atoms with Crippen molar-refractivity contribution in [3.63, 3.8) is 0 Å². The van der Waals surface area contributed by atoms with Crippen LogP contribution < -0.4 is 14.8 Å². The molecule has 26 heavy (non-hydrogen) atoms. The highest BCUT2D eigenvalue weighted by Crippen LogP contribution is 2.24. The van der Waals surface area contributed by atoms with Crippen molar-refractivity contribution in [1.29, 1.82) is 0 Å². The number of sulfonamides is 1. The Morgan fingerprint density at radius 2 is 1.85 bits per heavy atom. The smallest absolute Gasteiger partial charge is 0.226 e. The van der Waals surface area contributed by atoms with Gasteiger partial charge in [0.25, 0.3) is 0 Å². The van der Waals surface area contributed by atoms with Gasteiger partial charge >= 0.3 is 0 Å². The topological polar surface area (TPSA) is 84.5 Å². The Morgan fingerprint density at radius 3 is 2.42 bits per heavy atom. The van der Waals surface area contributed by atoms with Crippen LogP contribution in [-0.4, -0.2) is 27.7 Å². The average molecular weight is 397 g/mol. The maximum absolute atomic E-state index is 12.5. The highest BCUT2D eigenvalue weighted by molar-refractivity contribution is 7.88. The fourth-order valence-corrected chi connectivity index (χ4v) is 3.35. The van der Waals surface area contributed by atoms with Gasteiger partial charge in [-0.25, -0.2) is 13.1 Å². The van der Waals surface area contributed by atoms with E-state index in [9.17, 15) is 13.2 Å². The highest BCUT2D eigenvalue weighted by Gasteiger charge is 2.20. The predicted molar refractivity (Wildman–Crippen MR) is 103 cm³/mol. The Labute approximate surface area is 158 Å². The van der Waals surface area contributed by atoms with Crippen molar-refractivity contribution < 1.29 is 17.9 Å². The summed E-state index contributed by atoms with van der Waals surface area (Å²) in [6.45, 7) is 1.85. The molecule has 0 fully saturated rings. The van der Waals surface area contributed by atoms with Gasteiger partial charge in [0.2, 0.25) is 15.9 Å². The van der Waals surface area contributed by atoms with Crippen molar-refractivity contribution in [3.8, 4) is 5.75 Å². The van der Waals surface area contributed by atoms with Crippen LogP contribution >= 0.6 is 11.6 Å². The Balaban J connectivity index is 2.19. The van der Waals surface area contributed by atoms with E-state index in [-0.39, 0.29) is 12.3 Å². The summed E-state index contributed by atoms with van der Waals surface area (Å²) in [5.74, 6) is 0.318. The Kier molecular flexibility index (Phi) is 6.63. The molecule has 2 N–H and O–H groups in total. The van der Waals surface area contributed by atoms with E-state index >= 15 is 0 Å². The number of ether oxygens (including phenoxy) is 1. The van der Waals surface area contributed by atoms with E-state index in [0.29, 0.717) is 22.0 Å². The molecule has 0 saturated heterocycles. The molecular weight excluding hydrogens is 376 g/mol. The number of methoxy groups -OCH3 is 1. The number of halogens is 1. The van der Waals surface area contributed by atoms with Gasteiger partial charge in [-0.1, -0.05) is 29.8 Å². The second-order valence-corrected chi connectivity index (χ2v) is 8.14. The average Bonchev–Trinajstić information content (AvgIpc) is 2.56. The lowest BCUT2D eigenvalue weighted by Gasteiger charge is -2.18. The molecule has 0 aliphatic heterocycles. The van der Waals surface area contributed by atoms with E-state index in [4.69, 9.17) is 16.3 Å². The first-order valence-electron chi connectivity index (χ1n) is 7.85. The minimum Gasteiger partial charge on any atom is -0.497 e. The zero-order valence-electron chi connectivity index (χ0n) is 14.7. The third-order valence-electron chi connectivity index (χ3n) is 3.74. The molecule has 2 rings (SSSR count). The number of nitrogens with one attached hydrogen (secondary N) is 2. The summed E-state index contributed by atoms with van der Waals surface area (Å²) < 4.78 is 31.0. The van der Waals surface area contributed by atoms with Crippen LogP contribution in [0.4, 0.5) is 5.69 Å². The van der Waals surface area contributed by atoms with Crippen molar-refractivity contribution in [1.82, 2.24) is 4.72 Å². The highest BCUT2D eigenvalue weighted by atomic mass is 35.5. The molecule has 0 spiro atoms. The van der Waals surface area contributed by atoms with Crippen molar-refractivity contribution in [2.75, 3.05) is 18.7 Å². The van der Waals surface area contributed by atoms with Crippen LogP contribution in [0, 0.1) is 6.92 Å². The van der Waals surface area contributed by atoms with Crippen LogP contribution in [0.5, 0.6) is 5.75 Å². The summed E-state index contributed by atoms with van der Waals surface area (Å²) in [7, 11) is -1.96. The molecule has 2 aromatic rings. The quantitative estimate of drug-likeness (QED) is 0.752. The standard InChI is InChI=1S/C18H21ClN2O4S/c1-12-4-7-14(19)10-16(12)20-18(22)11-17(21-26(3,23)24)13-5-8-15(25-2)9-6-13/h4-10,17,21H,11H2,1-3H3,(H,20,22)/t17-/m0/s1. The largest absolute Gasteiger partial charge is 0.497 e. The normalized spacial score (nSPS) is 12.5. The monoisotopic (exact) mass is 396 g/mol. The SMILES string of the molecule is COc1ccc([C@H](CC(=O)Nc2cc(Cl)ccc2C)NS(C)(=O)=O)cc1. The summed E-state index contributed by atoms with van der Waals surface area (Å²) in [4.78, 5) is 12.5. The predicted octanol–water partition coefficient (Wildman–Crippen LogP) is 3.28. The number of aryl methyl sites for hydroxylation is 1. The molecule has 0 radical (unpaired) electrons. The second-order valence-electron chi connectivity index (χ2n) is 5.93. The number of carbonyl (C=O) groups excluding carboxylic acids is 1. The molecule has 2 aromatic carbocycles. The molecule has 0 aliphatic carbocycles. The van der Waals surface area contributed by atoms with E-state index in [2.05, 4.69) is 10.0 Å². The number of carbonyl (C=O) groups is 1. The first-order chi connectivity index (χ1) is 12.2. The van der Waals surface area contributed by atoms with Crippen LogP contribution in [0.2, 0.25) is 5.02 Å². The van der Waals surface area contributed by atoms with Gasteiger partial charge in [-0.3, -0.25) is 4.79 Å². The van der Waals surface area contributed by atoms with E-state index in [0.717, 1.165) is 11.8 Å². The lowest BCUT2D eigenvalue weighted by molar-refractivity contribution is -0.116. The number of benzene rings is 2. The molecule has 1 atom stereocenters. The number of rotatable bonds is 7. The van der Waals surface area contributed by atoms with E-state index < -0.39 is 16.1 Å². The molecule has 140 valence electrons. The van der Waals surface area contributed by atoms with Gasteiger partial charge in [0.15, 0.2) is 0 Å². The van der Waals surface area contributed by atoms with E-state index in [1.54, 1.807) is 49.6 Å². The maximum atomic E-state index is 12.5.